The van der Waals surface area contributed by atoms with E-state index in [4.69, 9.17) is 4.74 Å². The van der Waals surface area contributed by atoms with Gasteiger partial charge in [0.15, 0.2) is 0 Å². The molecule has 2 saturated heterocycles. The molecular formula is C34H46N2O5S. The van der Waals surface area contributed by atoms with Crippen LogP contribution < -0.4 is 0 Å². The van der Waals surface area contributed by atoms with Crippen molar-refractivity contribution >= 4 is 29.5 Å². The lowest BCUT2D eigenvalue weighted by atomic mass is 9.74. The third kappa shape index (κ3) is 5.34. The smallest absolute Gasteiger partial charge is 0.311 e. The zero-order chi connectivity index (χ0) is 30.5. The molecule has 1 aromatic rings. The predicted octanol–water partition coefficient (Wildman–Crippen LogP) is 4.78. The molecule has 7 nitrogen and oxygen atoms in total. The van der Waals surface area contributed by atoms with Crippen LogP contribution in [0.25, 0.3) is 0 Å². The lowest BCUT2D eigenvalue weighted by Gasteiger charge is -2.45. The molecule has 0 radical (unpaired) electrons. The molecule has 8 heteroatoms. The predicted molar refractivity (Wildman–Crippen MR) is 166 cm³/mol. The van der Waals surface area contributed by atoms with Gasteiger partial charge in [0.05, 0.1) is 35.8 Å². The maximum atomic E-state index is 15.0. The summed E-state index contributed by atoms with van der Waals surface area (Å²) in [7, 11) is 0. The first kappa shape index (κ1) is 30.9. The number of nitrogens with zero attached hydrogens (tertiary/aromatic N) is 2. The second-order valence-electron chi connectivity index (χ2n) is 14.4. The Hall–Kier alpha value is -2.58. The maximum absolute atomic E-state index is 15.0. The SMILES string of the molecule is CC(C)(C)CC(C)(C)N1CC=C[C@]23S[C@]4(C)/C=C\CCCOC(=O)[C@@H]4[C@H]2C(=O)N([C@@H](CO)Cc2ccccc2)C3C1=O. The van der Waals surface area contributed by atoms with E-state index in [9.17, 15) is 19.5 Å². The molecule has 1 spiro atoms. The first-order chi connectivity index (χ1) is 19.7. The highest BCUT2D eigenvalue weighted by atomic mass is 32.2. The Morgan fingerprint density at radius 2 is 1.74 bits per heavy atom. The van der Waals surface area contributed by atoms with Crippen LogP contribution in [-0.4, -0.2) is 79.6 Å². The summed E-state index contributed by atoms with van der Waals surface area (Å²) in [6.45, 7) is 13.1. The second kappa shape index (κ2) is 11.2. The quantitative estimate of drug-likeness (QED) is 0.377. The van der Waals surface area contributed by atoms with Crippen molar-refractivity contribution in [2.45, 2.75) is 94.3 Å². The number of amides is 2. The third-order valence-electron chi connectivity index (χ3n) is 9.30. The average Bonchev–Trinajstić information content (AvgIpc) is 3.25. The van der Waals surface area contributed by atoms with Crippen molar-refractivity contribution < 1.29 is 24.2 Å². The zero-order valence-corrected chi connectivity index (χ0v) is 26.7. The van der Waals surface area contributed by atoms with Crippen LogP contribution in [0.15, 0.2) is 54.6 Å². The largest absolute Gasteiger partial charge is 0.465 e. The molecule has 2 fully saturated rings. The number of rotatable bonds is 6. The summed E-state index contributed by atoms with van der Waals surface area (Å²) in [6, 6.07) is 8.25. The number of esters is 1. The van der Waals surface area contributed by atoms with Crippen molar-refractivity contribution in [3.63, 3.8) is 0 Å². The summed E-state index contributed by atoms with van der Waals surface area (Å²) in [5.41, 5.74) is 0.456. The standard InChI is InChI=1S/C34H46N2O5S/c1-31(2,3)22-32(4,5)35-18-13-17-34-25(26-30(40)41-19-12-8-11-16-33(26,6)42-34)28(38)36(27(34)29(35)39)24(21-37)20-23-14-9-7-10-15-23/h7,9-11,13-17,24-27,37H,8,12,18-22H2,1-6H3/b16-11-/t24-,25+,26+,27?,33-,34+/m1/s1. The van der Waals surface area contributed by atoms with Crippen molar-refractivity contribution in [2.75, 3.05) is 19.8 Å². The number of carbonyl (C=O) groups excluding carboxylic acids is 3. The molecule has 42 heavy (non-hydrogen) atoms. The van der Waals surface area contributed by atoms with Crippen LogP contribution in [0, 0.1) is 17.3 Å². The lowest BCUT2D eigenvalue weighted by Crippen LogP contribution is -2.61. The Balaban J connectivity index is 1.66. The van der Waals surface area contributed by atoms with Crippen LogP contribution in [0.3, 0.4) is 0 Å². The molecular weight excluding hydrogens is 548 g/mol. The molecule has 228 valence electrons. The number of aliphatic hydroxyl groups is 1. The number of cyclic esters (lactones) is 1. The molecule has 1 aromatic carbocycles. The Kier molecular flexibility index (Phi) is 8.20. The minimum Gasteiger partial charge on any atom is -0.465 e. The highest BCUT2D eigenvalue weighted by Crippen LogP contribution is 2.65. The number of ether oxygens (including phenoxy) is 1. The van der Waals surface area contributed by atoms with Crippen molar-refractivity contribution in [3.05, 3.63) is 60.2 Å². The molecule has 0 aliphatic carbocycles. The van der Waals surface area contributed by atoms with Crippen molar-refractivity contribution in [3.8, 4) is 0 Å². The highest BCUT2D eigenvalue weighted by molar-refractivity contribution is 8.02. The number of aliphatic hydroxyl groups excluding tert-OH is 1. The molecule has 4 aliphatic heterocycles. The second-order valence-corrected chi connectivity index (χ2v) is 16.2. The summed E-state index contributed by atoms with van der Waals surface area (Å²) < 4.78 is 4.05. The lowest BCUT2D eigenvalue weighted by molar-refractivity contribution is -0.154. The average molecular weight is 595 g/mol. The van der Waals surface area contributed by atoms with E-state index in [1.165, 1.54) is 0 Å². The van der Waals surface area contributed by atoms with Gasteiger partial charge in [0.1, 0.15) is 6.04 Å². The number of hydrogen-bond acceptors (Lipinski definition) is 6. The van der Waals surface area contributed by atoms with Gasteiger partial charge in [-0.05, 0) is 57.4 Å². The van der Waals surface area contributed by atoms with Crippen LogP contribution in [-0.2, 0) is 25.5 Å². The number of benzene rings is 1. The van der Waals surface area contributed by atoms with Crippen LogP contribution in [0.2, 0.25) is 0 Å². The topological polar surface area (TPSA) is 87.2 Å². The van der Waals surface area contributed by atoms with Gasteiger partial charge in [-0.3, -0.25) is 14.4 Å². The van der Waals surface area contributed by atoms with Gasteiger partial charge in [-0.15, -0.1) is 11.8 Å². The molecule has 6 atom stereocenters. The van der Waals surface area contributed by atoms with Gasteiger partial charge >= 0.3 is 5.97 Å². The number of allylic oxidation sites excluding steroid dienone is 1. The Labute approximate surface area is 254 Å². The van der Waals surface area contributed by atoms with Crippen molar-refractivity contribution in [2.24, 2.45) is 17.3 Å². The van der Waals surface area contributed by atoms with Crippen LogP contribution in [0.5, 0.6) is 0 Å². The summed E-state index contributed by atoms with van der Waals surface area (Å²) in [6.07, 6.45) is 10.9. The zero-order valence-electron chi connectivity index (χ0n) is 25.8. The van der Waals surface area contributed by atoms with E-state index < -0.39 is 39.0 Å². The first-order valence-electron chi connectivity index (χ1n) is 15.2. The molecule has 2 amide bonds. The molecule has 1 N–H and O–H groups in total. The third-order valence-corrected chi connectivity index (χ3v) is 11.1. The van der Waals surface area contributed by atoms with E-state index in [0.717, 1.165) is 24.8 Å². The van der Waals surface area contributed by atoms with E-state index >= 15 is 0 Å². The Morgan fingerprint density at radius 3 is 2.40 bits per heavy atom. The molecule has 5 rings (SSSR count). The monoisotopic (exact) mass is 594 g/mol. The van der Waals surface area contributed by atoms with Gasteiger partial charge in [-0.1, -0.05) is 75.4 Å². The number of thioether (sulfide) groups is 1. The molecule has 0 bridgehead atoms. The first-order valence-corrected chi connectivity index (χ1v) is 16.1. The van der Waals surface area contributed by atoms with Crippen LogP contribution >= 0.6 is 11.8 Å². The van der Waals surface area contributed by atoms with E-state index in [2.05, 4.69) is 46.8 Å². The highest BCUT2D eigenvalue weighted by Gasteiger charge is 2.74. The van der Waals surface area contributed by atoms with Gasteiger partial charge in [-0.25, -0.2) is 0 Å². The molecule has 0 saturated carbocycles. The van der Waals surface area contributed by atoms with Crippen LogP contribution in [0.1, 0.15) is 66.4 Å². The summed E-state index contributed by atoms with van der Waals surface area (Å²) in [4.78, 5) is 47.0. The van der Waals surface area contributed by atoms with Gasteiger partial charge in [-0.2, -0.15) is 0 Å². The fourth-order valence-electron chi connectivity index (χ4n) is 8.04. The van der Waals surface area contributed by atoms with Gasteiger partial charge in [0, 0.05) is 16.8 Å². The molecule has 1 unspecified atom stereocenters. The molecule has 0 aromatic heterocycles. The molecule has 4 heterocycles. The minimum absolute atomic E-state index is 0.0275. The van der Waals surface area contributed by atoms with Gasteiger partial charge < -0.3 is 19.6 Å². The van der Waals surface area contributed by atoms with E-state index in [0.29, 0.717) is 19.6 Å². The minimum atomic E-state index is -0.979. The fraction of sp³-hybridized carbons (Fsp3) is 0.618. The number of fused-ring (bicyclic) bond motifs is 2. The normalized spacial score (nSPS) is 33.1. The summed E-state index contributed by atoms with van der Waals surface area (Å²) in [5.74, 6) is -2.31. The molecule has 4 aliphatic rings. The number of likely N-dealkylation sites (tertiary alicyclic amines) is 1. The summed E-state index contributed by atoms with van der Waals surface area (Å²) in [5, 5.41) is 10.8. The van der Waals surface area contributed by atoms with E-state index in [1.807, 2.05) is 54.3 Å². The van der Waals surface area contributed by atoms with E-state index in [-0.39, 0.29) is 29.8 Å². The Bertz CT molecular complexity index is 1270. The van der Waals surface area contributed by atoms with Crippen molar-refractivity contribution in [1.29, 1.82) is 0 Å². The van der Waals surface area contributed by atoms with Gasteiger partial charge in [0.2, 0.25) is 11.8 Å². The van der Waals surface area contributed by atoms with Gasteiger partial charge in [0.25, 0.3) is 0 Å². The van der Waals surface area contributed by atoms with Crippen molar-refractivity contribution in [1.82, 2.24) is 9.80 Å². The number of hydrogen-bond donors (Lipinski definition) is 1. The Morgan fingerprint density at radius 1 is 1.02 bits per heavy atom. The fourth-order valence-corrected chi connectivity index (χ4v) is 10.2. The van der Waals surface area contributed by atoms with Crippen LogP contribution in [0.4, 0.5) is 0 Å². The van der Waals surface area contributed by atoms with E-state index in [1.54, 1.807) is 16.7 Å². The summed E-state index contributed by atoms with van der Waals surface area (Å²) >= 11 is 1.55. The number of carbonyl (C=O) groups is 3. The maximum Gasteiger partial charge on any atom is 0.311 e.